The van der Waals surface area contributed by atoms with Crippen LogP contribution in [0.3, 0.4) is 0 Å². The molecule has 1 aromatic heterocycles. The van der Waals surface area contributed by atoms with E-state index in [1.807, 2.05) is 67.1 Å². The highest BCUT2D eigenvalue weighted by molar-refractivity contribution is 7.88. The van der Waals surface area contributed by atoms with Crippen LogP contribution < -0.4 is 4.72 Å². The number of sulfonamides is 1. The molecule has 136 valence electrons. The average Bonchev–Trinajstić information content (AvgIpc) is 2.88. The third kappa shape index (κ3) is 4.59. The minimum absolute atomic E-state index is 0.0237. The van der Waals surface area contributed by atoms with Gasteiger partial charge in [0, 0.05) is 17.8 Å². The Balaban J connectivity index is 1.70. The van der Waals surface area contributed by atoms with Gasteiger partial charge in [-0.05, 0) is 25.0 Å². The van der Waals surface area contributed by atoms with E-state index in [2.05, 4.69) is 22.0 Å². The van der Waals surface area contributed by atoms with E-state index < -0.39 is 10.0 Å². The Labute approximate surface area is 154 Å². The van der Waals surface area contributed by atoms with Crippen molar-refractivity contribution in [2.75, 3.05) is 0 Å². The summed E-state index contributed by atoms with van der Waals surface area (Å²) in [6, 6.07) is 19.3. The van der Waals surface area contributed by atoms with Gasteiger partial charge in [-0.15, -0.1) is 0 Å². The molecule has 0 saturated carbocycles. The summed E-state index contributed by atoms with van der Waals surface area (Å²) in [7, 11) is -3.40. The fourth-order valence-electron chi connectivity index (χ4n) is 2.93. The summed E-state index contributed by atoms with van der Waals surface area (Å²) in [6.45, 7) is 4.81. The van der Waals surface area contributed by atoms with Gasteiger partial charge in [0.05, 0.1) is 18.0 Å². The van der Waals surface area contributed by atoms with Gasteiger partial charge in [0.1, 0.15) is 0 Å². The van der Waals surface area contributed by atoms with Crippen LogP contribution in [0.1, 0.15) is 28.1 Å². The quantitative estimate of drug-likeness (QED) is 0.696. The molecule has 0 atom stereocenters. The molecule has 0 amide bonds. The SMILES string of the molecule is Cc1nn(Cc2ccccc2)c(C)c1CNS(=O)(=O)Cc1ccccc1. The van der Waals surface area contributed by atoms with E-state index in [-0.39, 0.29) is 12.3 Å². The van der Waals surface area contributed by atoms with Crippen molar-refractivity contribution in [3.63, 3.8) is 0 Å². The minimum Gasteiger partial charge on any atom is -0.265 e. The molecule has 1 heterocycles. The van der Waals surface area contributed by atoms with Crippen LogP contribution in [-0.4, -0.2) is 18.2 Å². The molecule has 0 aliphatic heterocycles. The van der Waals surface area contributed by atoms with Crippen LogP contribution in [0.4, 0.5) is 0 Å². The number of hydrogen-bond acceptors (Lipinski definition) is 3. The normalized spacial score (nSPS) is 11.6. The molecule has 0 spiro atoms. The molecule has 0 aliphatic carbocycles. The Bertz CT molecular complexity index is 965. The van der Waals surface area contributed by atoms with Gasteiger partial charge in [-0.25, -0.2) is 13.1 Å². The molecule has 26 heavy (non-hydrogen) atoms. The molecule has 0 fully saturated rings. The zero-order valence-electron chi connectivity index (χ0n) is 15.0. The van der Waals surface area contributed by atoms with Gasteiger partial charge < -0.3 is 0 Å². The lowest BCUT2D eigenvalue weighted by Gasteiger charge is -2.08. The lowest BCUT2D eigenvalue weighted by Crippen LogP contribution is -2.25. The minimum atomic E-state index is -3.40. The Morgan fingerprint density at radius 1 is 0.923 bits per heavy atom. The van der Waals surface area contributed by atoms with Gasteiger partial charge in [0.2, 0.25) is 10.0 Å². The van der Waals surface area contributed by atoms with Crippen LogP contribution in [0.25, 0.3) is 0 Å². The van der Waals surface area contributed by atoms with Crippen molar-refractivity contribution in [1.82, 2.24) is 14.5 Å². The smallest absolute Gasteiger partial charge is 0.216 e. The van der Waals surface area contributed by atoms with Crippen molar-refractivity contribution in [1.29, 1.82) is 0 Å². The van der Waals surface area contributed by atoms with Gasteiger partial charge in [-0.1, -0.05) is 60.7 Å². The van der Waals surface area contributed by atoms with Gasteiger partial charge in [0.25, 0.3) is 0 Å². The Morgan fingerprint density at radius 2 is 1.50 bits per heavy atom. The molecule has 6 heteroatoms. The second-order valence-corrected chi connectivity index (χ2v) is 8.17. The van der Waals surface area contributed by atoms with Crippen LogP contribution in [-0.2, 0) is 28.9 Å². The number of nitrogens with zero attached hydrogens (tertiary/aromatic N) is 2. The van der Waals surface area contributed by atoms with Crippen LogP contribution in [0, 0.1) is 13.8 Å². The van der Waals surface area contributed by atoms with Crippen LogP contribution >= 0.6 is 0 Å². The number of nitrogens with one attached hydrogen (secondary N) is 1. The average molecular weight is 369 g/mol. The lowest BCUT2D eigenvalue weighted by atomic mass is 10.2. The van der Waals surface area contributed by atoms with Crippen molar-refractivity contribution < 1.29 is 8.42 Å². The molecule has 3 aromatic rings. The van der Waals surface area contributed by atoms with E-state index >= 15 is 0 Å². The zero-order valence-corrected chi connectivity index (χ0v) is 15.8. The first kappa shape index (κ1) is 18.4. The monoisotopic (exact) mass is 369 g/mol. The summed E-state index contributed by atoms with van der Waals surface area (Å²) >= 11 is 0. The number of aromatic nitrogens is 2. The van der Waals surface area contributed by atoms with Crippen LogP contribution in [0.5, 0.6) is 0 Å². The van der Waals surface area contributed by atoms with Crippen molar-refractivity contribution in [2.45, 2.75) is 32.7 Å². The van der Waals surface area contributed by atoms with Crippen LogP contribution in [0.15, 0.2) is 60.7 Å². The fraction of sp³-hybridized carbons (Fsp3) is 0.250. The second-order valence-electron chi connectivity index (χ2n) is 6.36. The summed E-state index contributed by atoms with van der Waals surface area (Å²) in [5.41, 5.74) is 4.69. The highest BCUT2D eigenvalue weighted by Gasteiger charge is 2.16. The largest absolute Gasteiger partial charge is 0.265 e. The van der Waals surface area contributed by atoms with E-state index in [9.17, 15) is 8.42 Å². The number of aryl methyl sites for hydroxylation is 1. The standard InChI is InChI=1S/C20H23N3O2S/c1-16-20(13-21-26(24,25)15-19-11-7-4-8-12-19)17(2)23(22-16)14-18-9-5-3-6-10-18/h3-12,21H,13-15H2,1-2H3. The number of benzene rings is 2. The van der Waals surface area contributed by atoms with Crippen molar-refractivity contribution in [3.8, 4) is 0 Å². The lowest BCUT2D eigenvalue weighted by molar-refractivity contribution is 0.580. The highest BCUT2D eigenvalue weighted by atomic mass is 32.2. The summed E-state index contributed by atoms with van der Waals surface area (Å²) in [6.07, 6.45) is 0. The van der Waals surface area contributed by atoms with Crippen LogP contribution in [0.2, 0.25) is 0 Å². The second kappa shape index (κ2) is 7.85. The van der Waals surface area contributed by atoms with E-state index in [4.69, 9.17) is 0 Å². The fourth-order valence-corrected chi connectivity index (χ4v) is 4.02. The maximum atomic E-state index is 12.4. The molecule has 3 rings (SSSR count). The maximum Gasteiger partial charge on any atom is 0.216 e. The Kier molecular flexibility index (Phi) is 5.54. The number of hydrogen-bond donors (Lipinski definition) is 1. The molecule has 0 saturated heterocycles. The van der Waals surface area contributed by atoms with Gasteiger partial charge in [0.15, 0.2) is 0 Å². The van der Waals surface area contributed by atoms with E-state index in [1.165, 1.54) is 0 Å². The van der Waals surface area contributed by atoms with Gasteiger partial charge >= 0.3 is 0 Å². The Hall–Kier alpha value is -2.44. The first-order valence-corrected chi connectivity index (χ1v) is 10.2. The molecule has 0 aliphatic rings. The first-order chi connectivity index (χ1) is 12.4. The summed E-state index contributed by atoms with van der Waals surface area (Å²) in [4.78, 5) is 0. The molecular formula is C20H23N3O2S. The molecular weight excluding hydrogens is 346 g/mol. The van der Waals surface area contributed by atoms with Crippen molar-refractivity contribution in [3.05, 3.63) is 88.7 Å². The summed E-state index contributed by atoms with van der Waals surface area (Å²) in [5, 5.41) is 4.57. The van der Waals surface area contributed by atoms with E-state index in [1.54, 1.807) is 0 Å². The Morgan fingerprint density at radius 3 is 2.12 bits per heavy atom. The third-order valence-corrected chi connectivity index (χ3v) is 5.67. The molecule has 2 aromatic carbocycles. The maximum absolute atomic E-state index is 12.4. The summed E-state index contributed by atoms with van der Waals surface area (Å²) in [5.74, 6) is -0.0237. The van der Waals surface area contributed by atoms with E-state index in [0.717, 1.165) is 28.1 Å². The summed E-state index contributed by atoms with van der Waals surface area (Å²) < 4.78 is 29.3. The van der Waals surface area contributed by atoms with Crippen molar-refractivity contribution >= 4 is 10.0 Å². The number of rotatable bonds is 7. The zero-order chi connectivity index (χ0) is 18.6. The molecule has 5 nitrogen and oxygen atoms in total. The predicted octanol–water partition coefficient (Wildman–Crippen LogP) is 3.17. The molecule has 0 unspecified atom stereocenters. The predicted molar refractivity (Wildman–Crippen MR) is 103 cm³/mol. The van der Waals surface area contributed by atoms with Gasteiger partial charge in [-0.2, -0.15) is 5.10 Å². The molecule has 1 N–H and O–H groups in total. The third-order valence-electron chi connectivity index (χ3n) is 4.37. The van der Waals surface area contributed by atoms with E-state index in [0.29, 0.717) is 6.54 Å². The topological polar surface area (TPSA) is 64.0 Å². The highest BCUT2D eigenvalue weighted by Crippen LogP contribution is 2.15. The molecule has 0 radical (unpaired) electrons. The first-order valence-electron chi connectivity index (χ1n) is 8.53. The molecule has 0 bridgehead atoms. The van der Waals surface area contributed by atoms with Crippen molar-refractivity contribution in [2.24, 2.45) is 0 Å². The van der Waals surface area contributed by atoms with Gasteiger partial charge in [-0.3, -0.25) is 4.68 Å².